The van der Waals surface area contributed by atoms with E-state index in [1.807, 2.05) is 42.5 Å². The van der Waals surface area contributed by atoms with Gasteiger partial charge < -0.3 is 20.1 Å². The number of rotatable bonds is 3. The second kappa shape index (κ2) is 5.89. The third kappa shape index (κ3) is 2.37. The van der Waals surface area contributed by atoms with E-state index >= 15 is 0 Å². The number of ether oxygens (including phenoxy) is 2. The number of hydrogen-bond donors (Lipinski definition) is 2. The fourth-order valence-corrected chi connectivity index (χ4v) is 3.58. The van der Waals surface area contributed by atoms with E-state index in [-0.39, 0.29) is 5.78 Å². The molecule has 0 bridgehead atoms. The van der Waals surface area contributed by atoms with Crippen LogP contribution in [0, 0.1) is 0 Å². The van der Waals surface area contributed by atoms with Crippen molar-refractivity contribution < 1.29 is 14.3 Å². The quantitative estimate of drug-likeness (QED) is 0.829. The first-order valence-electron chi connectivity index (χ1n) is 7.81. The zero-order chi connectivity index (χ0) is 17.6. The van der Waals surface area contributed by atoms with Crippen LogP contribution < -0.4 is 20.1 Å². The van der Waals surface area contributed by atoms with Crippen molar-refractivity contribution in [2.45, 2.75) is 6.04 Å². The molecule has 0 aromatic heterocycles. The highest BCUT2D eigenvalue weighted by Crippen LogP contribution is 2.42. The highest BCUT2D eigenvalue weighted by Gasteiger charge is 2.39. The van der Waals surface area contributed by atoms with Gasteiger partial charge in [-0.05, 0) is 30.4 Å². The summed E-state index contributed by atoms with van der Waals surface area (Å²) < 4.78 is 10.8. The molecule has 4 rings (SSSR count). The van der Waals surface area contributed by atoms with Crippen LogP contribution >= 0.6 is 12.2 Å². The van der Waals surface area contributed by atoms with Gasteiger partial charge in [0.15, 0.2) is 10.9 Å². The molecule has 2 aromatic carbocycles. The van der Waals surface area contributed by atoms with E-state index in [0.717, 1.165) is 16.8 Å². The van der Waals surface area contributed by atoms with Gasteiger partial charge in [-0.1, -0.05) is 24.3 Å². The van der Waals surface area contributed by atoms with Crippen molar-refractivity contribution in [3.05, 3.63) is 64.7 Å². The SMILES string of the molecule is COc1ccc(OC)c(C2NC(=S)NC3=C2C(=O)c2ccccc23)c1. The van der Waals surface area contributed by atoms with Crippen molar-refractivity contribution in [1.82, 2.24) is 10.6 Å². The van der Waals surface area contributed by atoms with Crippen molar-refractivity contribution in [2.75, 3.05) is 14.2 Å². The molecule has 0 spiro atoms. The van der Waals surface area contributed by atoms with Gasteiger partial charge in [0.2, 0.25) is 0 Å². The number of fused-ring (bicyclic) bond motifs is 2. The van der Waals surface area contributed by atoms with Crippen LogP contribution in [0.1, 0.15) is 27.5 Å². The minimum absolute atomic E-state index is 0.0111. The molecular formula is C19H16N2O3S. The van der Waals surface area contributed by atoms with Crippen LogP contribution in [0.3, 0.4) is 0 Å². The number of carbonyl (C=O) groups excluding carboxylic acids is 1. The lowest BCUT2D eigenvalue weighted by molar-refractivity contribution is 0.103. The van der Waals surface area contributed by atoms with Gasteiger partial charge in [-0.15, -0.1) is 0 Å². The number of benzene rings is 2. The van der Waals surface area contributed by atoms with E-state index in [1.165, 1.54) is 0 Å². The first-order chi connectivity index (χ1) is 12.1. The van der Waals surface area contributed by atoms with E-state index in [0.29, 0.717) is 27.7 Å². The van der Waals surface area contributed by atoms with Crippen LogP contribution in [0.4, 0.5) is 0 Å². The Morgan fingerprint density at radius 1 is 1.04 bits per heavy atom. The monoisotopic (exact) mass is 352 g/mol. The Kier molecular flexibility index (Phi) is 3.69. The summed E-state index contributed by atoms with van der Waals surface area (Å²) in [6.45, 7) is 0. The molecule has 0 fully saturated rings. The molecule has 0 saturated carbocycles. The van der Waals surface area contributed by atoms with Crippen molar-refractivity contribution in [3.63, 3.8) is 0 Å². The van der Waals surface area contributed by atoms with Gasteiger partial charge in [-0.3, -0.25) is 4.79 Å². The summed E-state index contributed by atoms with van der Waals surface area (Å²) in [4.78, 5) is 13.0. The molecule has 1 heterocycles. The van der Waals surface area contributed by atoms with Crippen molar-refractivity contribution in [3.8, 4) is 11.5 Å². The van der Waals surface area contributed by atoms with Gasteiger partial charge in [0.1, 0.15) is 11.5 Å². The number of Topliss-reactive ketones (excluding diaryl/α,β-unsaturated/α-hetero) is 1. The van der Waals surface area contributed by atoms with Gasteiger partial charge in [0, 0.05) is 16.7 Å². The lowest BCUT2D eigenvalue weighted by atomic mass is 9.93. The van der Waals surface area contributed by atoms with E-state index in [2.05, 4.69) is 10.6 Å². The lowest BCUT2D eigenvalue weighted by Gasteiger charge is -2.29. The molecule has 6 heteroatoms. The first kappa shape index (κ1) is 15.7. The fourth-order valence-electron chi connectivity index (χ4n) is 3.36. The molecule has 5 nitrogen and oxygen atoms in total. The molecule has 2 aromatic rings. The highest BCUT2D eigenvalue weighted by molar-refractivity contribution is 7.80. The van der Waals surface area contributed by atoms with Gasteiger partial charge in [-0.2, -0.15) is 0 Å². The zero-order valence-electron chi connectivity index (χ0n) is 13.8. The largest absolute Gasteiger partial charge is 0.497 e. The molecule has 2 N–H and O–H groups in total. The lowest BCUT2D eigenvalue weighted by Crippen LogP contribution is -2.43. The van der Waals surface area contributed by atoms with Crippen molar-refractivity contribution >= 4 is 28.8 Å². The third-order valence-corrected chi connectivity index (χ3v) is 4.73. The summed E-state index contributed by atoms with van der Waals surface area (Å²) in [5, 5.41) is 6.81. The van der Waals surface area contributed by atoms with Crippen LogP contribution in [0.15, 0.2) is 48.0 Å². The smallest absolute Gasteiger partial charge is 0.194 e. The van der Waals surface area contributed by atoms with Gasteiger partial charge in [0.05, 0.1) is 31.5 Å². The summed E-state index contributed by atoms with van der Waals surface area (Å²) in [7, 11) is 3.21. The van der Waals surface area contributed by atoms with Gasteiger partial charge in [0.25, 0.3) is 0 Å². The third-order valence-electron chi connectivity index (χ3n) is 4.51. The molecule has 1 atom stereocenters. The summed E-state index contributed by atoms with van der Waals surface area (Å²) in [6, 6.07) is 12.6. The molecule has 0 saturated heterocycles. The zero-order valence-corrected chi connectivity index (χ0v) is 14.6. The average molecular weight is 352 g/mol. The normalized spacial score (nSPS) is 18.2. The minimum atomic E-state index is -0.409. The minimum Gasteiger partial charge on any atom is -0.497 e. The molecule has 126 valence electrons. The van der Waals surface area contributed by atoms with Crippen molar-refractivity contribution in [2.24, 2.45) is 0 Å². The Bertz CT molecular complexity index is 936. The van der Waals surface area contributed by atoms with E-state index < -0.39 is 6.04 Å². The Balaban J connectivity index is 1.91. The van der Waals surface area contributed by atoms with Crippen LogP contribution in [-0.2, 0) is 0 Å². The molecular weight excluding hydrogens is 336 g/mol. The van der Waals surface area contributed by atoms with Crippen LogP contribution in [0.2, 0.25) is 0 Å². The van der Waals surface area contributed by atoms with Crippen LogP contribution in [0.5, 0.6) is 11.5 Å². The maximum Gasteiger partial charge on any atom is 0.194 e. The Morgan fingerprint density at radius 3 is 2.52 bits per heavy atom. The average Bonchev–Trinajstić information content (AvgIpc) is 2.93. The second-order valence-corrected chi connectivity index (χ2v) is 6.21. The standard InChI is InChI=1S/C19H16N2O3S/c1-23-10-7-8-14(24-2)13(9-10)17-15-16(20-19(25)21-17)11-5-3-4-6-12(11)18(15)22/h3-9,17H,1-2H3,(H2,20,21,25). The van der Waals surface area contributed by atoms with Crippen LogP contribution in [0.25, 0.3) is 5.70 Å². The number of ketones is 1. The molecule has 1 aliphatic heterocycles. The van der Waals surface area contributed by atoms with E-state index in [9.17, 15) is 4.79 Å². The predicted octanol–water partition coefficient (Wildman–Crippen LogP) is 2.83. The van der Waals surface area contributed by atoms with Crippen LogP contribution in [-0.4, -0.2) is 25.1 Å². The number of methoxy groups -OCH3 is 2. The van der Waals surface area contributed by atoms with Gasteiger partial charge in [-0.25, -0.2) is 0 Å². The number of hydrogen-bond acceptors (Lipinski definition) is 4. The number of nitrogens with one attached hydrogen (secondary N) is 2. The maximum absolute atomic E-state index is 13.0. The summed E-state index contributed by atoms with van der Waals surface area (Å²) in [6.07, 6.45) is 0. The summed E-state index contributed by atoms with van der Waals surface area (Å²) in [5.74, 6) is 1.34. The summed E-state index contributed by atoms with van der Waals surface area (Å²) >= 11 is 5.38. The van der Waals surface area contributed by atoms with Gasteiger partial charge >= 0.3 is 0 Å². The first-order valence-corrected chi connectivity index (χ1v) is 8.22. The second-order valence-electron chi connectivity index (χ2n) is 5.80. The summed E-state index contributed by atoms with van der Waals surface area (Å²) in [5.41, 5.74) is 3.76. The van der Waals surface area contributed by atoms with E-state index in [4.69, 9.17) is 21.7 Å². The molecule has 0 radical (unpaired) electrons. The highest BCUT2D eigenvalue weighted by atomic mass is 32.1. The molecule has 1 aliphatic carbocycles. The topological polar surface area (TPSA) is 59.6 Å². The maximum atomic E-state index is 13.0. The number of carbonyl (C=O) groups is 1. The Hall–Kier alpha value is -2.86. The fraction of sp³-hybridized carbons (Fsp3) is 0.158. The number of thiocarbonyl (C=S) groups is 1. The Morgan fingerprint density at radius 2 is 1.80 bits per heavy atom. The molecule has 1 unspecified atom stereocenters. The Labute approximate surface area is 150 Å². The molecule has 2 aliphatic rings. The molecule has 0 amide bonds. The van der Waals surface area contributed by atoms with E-state index in [1.54, 1.807) is 14.2 Å². The van der Waals surface area contributed by atoms with Crippen molar-refractivity contribution in [1.29, 1.82) is 0 Å². The predicted molar refractivity (Wildman–Crippen MR) is 98.8 cm³/mol. The molecule has 25 heavy (non-hydrogen) atoms.